The summed E-state index contributed by atoms with van der Waals surface area (Å²) in [6, 6.07) is 5.61. The van der Waals surface area contributed by atoms with Gasteiger partial charge in [0, 0.05) is 11.6 Å². The van der Waals surface area contributed by atoms with E-state index in [1.54, 1.807) is 0 Å². The van der Waals surface area contributed by atoms with Gasteiger partial charge in [0.15, 0.2) is 6.61 Å². The fourth-order valence-electron chi connectivity index (χ4n) is 4.57. The second-order valence-electron chi connectivity index (χ2n) is 7.38. The Balaban J connectivity index is 1.34. The smallest absolute Gasteiger partial charge is 0.310 e. The van der Waals surface area contributed by atoms with E-state index in [-0.39, 0.29) is 42.3 Å². The molecule has 2 bridgehead atoms. The van der Waals surface area contributed by atoms with Crippen molar-refractivity contribution in [2.24, 2.45) is 23.7 Å². The Bertz CT molecular complexity index is 756. The zero-order valence-corrected chi connectivity index (χ0v) is 14.3. The molecule has 4 rings (SSSR count). The molecule has 2 aliphatic carbocycles. The second kappa shape index (κ2) is 5.86. The van der Waals surface area contributed by atoms with Crippen LogP contribution in [0.5, 0.6) is 0 Å². The molecule has 5 atom stereocenters. The van der Waals surface area contributed by atoms with E-state index in [1.807, 2.05) is 32.0 Å². The van der Waals surface area contributed by atoms with Crippen molar-refractivity contribution in [1.82, 2.24) is 0 Å². The topological polar surface area (TPSA) is 81.7 Å². The van der Waals surface area contributed by atoms with Gasteiger partial charge in [-0.05, 0) is 55.9 Å². The van der Waals surface area contributed by atoms with Crippen LogP contribution in [-0.4, -0.2) is 30.6 Å². The lowest BCUT2D eigenvalue weighted by molar-refractivity contribution is -0.157. The largest absolute Gasteiger partial charge is 0.462 e. The zero-order chi connectivity index (χ0) is 17.7. The molecule has 1 N–H and O–H groups in total. The molecule has 1 aromatic rings. The molecule has 6 nitrogen and oxygen atoms in total. The number of aryl methyl sites for hydroxylation is 2. The van der Waals surface area contributed by atoms with Gasteiger partial charge in [-0.15, -0.1) is 0 Å². The summed E-state index contributed by atoms with van der Waals surface area (Å²) in [6.07, 6.45) is 1.57. The Hall–Kier alpha value is -2.37. The van der Waals surface area contributed by atoms with Gasteiger partial charge < -0.3 is 14.8 Å². The monoisotopic (exact) mass is 343 g/mol. The van der Waals surface area contributed by atoms with E-state index in [1.165, 1.54) is 0 Å². The molecule has 6 heteroatoms. The molecular formula is C19H21NO5. The molecule has 3 fully saturated rings. The van der Waals surface area contributed by atoms with Crippen LogP contribution in [0, 0.1) is 37.5 Å². The molecule has 0 spiro atoms. The van der Waals surface area contributed by atoms with Gasteiger partial charge in [0.05, 0.1) is 11.8 Å². The molecule has 0 unspecified atom stereocenters. The van der Waals surface area contributed by atoms with Crippen LogP contribution in [0.3, 0.4) is 0 Å². The van der Waals surface area contributed by atoms with Crippen LogP contribution in [-0.2, 0) is 23.9 Å². The number of esters is 2. The summed E-state index contributed by atoms with van der Waals surface area (Å²) in [6.45, 7) is 3.62. The molecule has 1 aromatic carbocycles. The number of hydrogen-bond acceptors (Lipinski definition) is 5. The molecule has 1 aliphatic heterocycles. The first kappa shape index (κ1) is 16.1. The summed E-state index contributed by atoms with van der Waals surface area (Å²) in [5.41, 5.74) is 2.89. The molecule has 132 valence electrons. The Morgan fingerprint density at radius 3 is 2.80 bits per heavy atom. The second-order valence-corrected chi connectivity index (χ2v) is 7.38. The van der Waals surface area contributed by atoms with E-state index in [0.717, 1.165) is 24.0 Å². The van der Waals surface area contributed by atoms with Crippen molar-refractivity contribution in [2.45, 2.75) is 32.8 Å². The molecule has 25 heavy (non-hydrogen) atoms. The van der Waals surface area contributed by atoms with E-state index in [9.17, 15) is 14.4 Å². The number of hydrogen-bond donors (Lipinski definition) is 1. The number of carbonyl (C=O) groups excluding carboxylic acids is 3. The van der Waals surface area contributed by atoms with Crippen LogP contribution in [0.2, 0.25) is 0 Å². The number of ether oxygens (including phenoxy) is 2. The van der Waals surface area contributed by atoms with Crippen molar-refractivity contribution in [2.75, 3.05) is 11.9 Å². The Morgan fingerprint density at radius 2 is 2.04 bits per heavy atom. The van der Waals surface area contributed by atoms with E-state index in [4.69, 9.17) is 9.47 Å². The minimum absolute atomic E-state index is 0.0142. The van der Waals surface area contributed by atoms with E-state index < -0.39 is 11.9 Å². The third-order valence-corrected chi connectivity index (χ3v) is 5.89. The molecule has 1 heterocycles. The molecule has 1 amide bonds. The minimum Gasteiger partial charge on any atom is -0.462 e. The van der Waals surface area contributed by atoms with E-state index >= 15 is 0 Å². The van der Waals surface area contributed by atoms with Gasteiger partial charge in [-0.25, -0.2) is 0 Å². The molecule has 0 aromatic heterocycles. The lowest BCUT2D eigenvalue weighted by Crippen LogP contribution is -2.34. The first-order valence-corrected chi connectivity index (χ1v) is 8.68. The number of nitrogens with one attached hydrogen (secondary N) is 1. The highest BCUT2D eigenvalue weighted by Crippen LogP contribution is 2.57. The standard InChI is InChI=1S/C19H21NO5/c1-9-3-4-12(5-10(9)2)20-15(21)8-24-18(22)16-11-6-13-14(7-11)25-19(23)17(13)16/h3-5,11,13-14,16-17H,6-8H2,1-2H3,(H,20,21)/t11-,13-,14-,16-,17+/m1/s1. The summed E-state index contributed by atoms with van der Waals surface area (Å²) in [5, 5.41) is 2.72. The van der Waals surface area contributed by atoms with Crippen LogP contribution in [0.4, 0.5) is 5.69 Å². The molecule has 3 aliphatic rings. The number of fused-ring (bicyclic) bond motifs is 1. The number of rotatable bonds is 4. The van der Waals surface area contributed by atoms with Crippen LogP contribution in [0.15, 0.2) is 18.2 Å². The van der Waals surface area contributed by atoms with E-state index in [0.29, 0.717) is 5.69 Å². The lowest BCUT2D eigenvalue weighted by atomic mass is 9.80. The fourth-order valence-corrected chi connectivity index (χ4v) is 4.57. The maximum atomic E-state index is 12.4. The summed E-state index contributed by atoms with van der Waals surface area (Å²) in [5.74, 6) is -1.65. The van der Waals surface area contributed by atoms with Gasteiger partial charge in [0.25, 0.3) is 5.91 Å². The Kier molecular flexibility index (Phi) is 3.78. The van der Waals surface area contributed by atoms with Gasteiger partial charge in [0.1, 0.15) is 6.10 Å². The quantitative estimate of drug-likeness (QED) is 0.846. The van der Waals surface area contributed by atoms with Crippen LogP contribution >= 0.6 is 0 Å². The zero-order valence-electron chi connectivity index (χ0n) is 14.3. The normalized spacial score (nSPS) is 31.8. The third kappa shape index (κ3) is 2.69. The van der Waals surface area contributed by atoms with Crippen molar-refractivity contribution in [3.05, 3.63) is 29.3 Å². The van der Waals surface area contributed by atoms with E-state index in [2.05, 4.69) is 5.32 Å². The van der Waals surface area contributed by atoms with Gasteiger partial charge in [0.2, 0.25) is 0 Å². The highest BCUT2D eigenvalue weighted by molar-refractivity contribution is 5.93. The van der Waals surface area contributed by atoms with Crippen molar-refractivity contribution in [3.8, 4) is 0 Å². The molecule has 0 radical (unpaired) electrons. The predicted octanol–water partition coefficient (Wildman–Crippen LogP) is 1.98. The van der Waals surface area contributed by atoms with Gasteiger partial charge in [-0.2, -0.15) is 0 Å². The maximum absolute atomic E-state index is 12.4. The third-order valence-electron chi connectivity index (χ3n) is 5.89. The first-order valence-electron chi connectivity index (χ1n) is 8.68. The average molecular weight is 343 g/mol. The van der Waals surface area contributed by atoms with Crippen LogP contribution in [0.25, 0.3) is 0 Å². The van der Waals surface area contributed by atoms with Crippen LogP contribution < -0.4 is 5.32 Å². The predicted molar refractivity (Wildman–Crippen MR) is 88.6 cm³/mol. The van der Waals surface area contributed by atoms with Crippen LogP contribution in [0.1, 0.15) is 24.0 Å². The molecular weight excluding hydrogens is 322 g/mol. The summed E-state index contributed by atoms with van der Waals surface area (Å²) < 4.78 is 10.5. The lowest BCUT2D eigenvalue weighted by Gasteiger charge is -2.22. The summed E-state index contributed by atoms with van der Waals surface area (Å²) in [7, 11) is 0. The number of benzene rings is 1. The number of amides is 1. The summed E-state index contributed by atoms with van der Waals surface area (Å²) in [4.78, 5) is 36.4. The van der Waals surface area contributed by atoms with Gasteiger partial charge in [-0.1, -0.05) is 6.07 Å². The minimum atomic E-state index is -0.454. The number of anilines is 1. The van der Waals surface area contributed by atoms with Crippen molar-refractivity contribution >= 4 is 23.5 Å². The fraction of sp³-hybridized carbons (Fsp3) is 0.526. The van der Waals surface area contributed by atoms with Gasteiger partial charge >= 0.3 is 11.9 Å². The molecule has 1 saturated heterocycles. The Labute approximate surface area is 145 Å². The van der Waals surface area contributed by atoms with Gasteiger partial charge in [-0.3, -0.25) is 14.4 Å². The van der Waals surface area contributed by atoms with Crippen molar-refractivity contribution in [3.63, 3.8) is 0 Å². The maximum Gasteiger partial charge on any atom is 0.310 e. The van der Waals surface area contributed by atoms with Crippen molar-refractivity contribution < 1.29 is 23.9 Å². The molecule has 2 saturated carbocycles. The SMILES string of the molecule is Cc1ccc(NC(=O)COC(=O)[C@@H]2[C@@H]3C[C@H]4[C@@H]2C(=O)O[C@@H]4C3)cc1C. The number of carbonyl (C=O) groups is 3. The van der Waals surface area contributed by atoms with Crippen molar-refractivity contribution in [1.29, 1.82) is 0 Å². The highest BCUT2D eigenvalue weighted by atomic mass is 16.6. The summed E-state index contributed by atoms with van der Waals surface area (Å²) >= 11 is 0. The average Bonchev–Trinajstić information content (AvgIpc) is 3.18. The Morgan fingerprint density at radius 1 is 1.24 bits per heavy atom. The highest BCUT2D eigenvalue weighted by Gasteiger charge is 2.64. The first-order chi connectivity index (χ1) is 11.9.